The molecular formula is C25H20BrFN2O3. The Morgan fingerprint density at radius 1 is 1.09 bits per heavy atom. The van der Waals surface area contributed by atoms with E-state index in [2.05, 4.69) is 21.2 Å². The van der Waals surface area contributed by atoms with E-state index >= 15 is 0 Å². The first kappa shape index (κ1) is 23.0. The molecule has 0 spiro atoms. The molecule has 0 bridgehead atoms. The van der Waals surface area contributed by atoms with E-state index < -0.39 is 5.82 Å². The number of carbonyl (C=O) groups excluding carboxylic acids is 1. The number of nitrogens with zero attached hydrogens (tertiary/aromatic N) is 1. The maximum absolute atomic E-state index is 14.1. The van der Waals surface area contributed by atoms with Crippen LogP contribution in [0.3, 0.4) is 0 Å². The molecule has 3 aromatic rings. The number of para-hydroxylation sites is 1. The Bertz CT molecular complexity index is 1170. The summed E-state index contributed by atoms with van der Waals surface area (Å²) in [6.07, 6.45) is 1.57. The summed E-state index contributed by atoms with van der Waals surface area (Å²) >= 11 is 3.46. The van der Waals surface area contributed by atoms with Crippen molar-refractivity contribution in [2.24, 2.45) is 0 Å². The average Bonchev–Trinajstić information content (AvgIpc) is 2.79. The lowest BCUT2D eigenvalue weighted by molar-refractivity contribution is -0.118. The molecule has 0 atom stereocenters. The zero-order chi connectivity index (χ0) is 22.9. The molecule has 3 rings (SSSR count). The van der Waals surface area contributed by atoms with Crippen molar-refractivity contribution in [3.63, 3.8) is 0 Å². The highest BCUT2D eigenvalue weighted by molar-refractivity contribution is 9.10. The number of nitriles is 1. The van der Waals surface area contributed by atoms with Crippen molar-refractivity contribution in [1.82, 2.24) is 0 Å². The summed E-state index contributed by atoms with van der Waals surface area (Å²) in [7, 11) is 0. The third-order valence-electron chi connectivity index (χ3n) is 4.36. The number of amides is 1. The lowest BCUT2D eigenvalue weighted by Crippen LogP contribution is -2.20. The van der Waals surface area contributed by atoms with E-state index in [-0.39, 0.29) is 23.7 Å². The predicted octanol–water partition coefficient (Wildman–Crippen LogP) is 6.07. The van der Waals surface area contributed by atoms with Crippen LogP contribution in [0, 0.1) is 17.1 Å². The zero-order valence-corrected chi connectivity index (χ0v) is 18.9. The summed E-state index contributed by atoms with van der Waals surface area (Å²) in [6.45, 7) is 1.98. The van der Waals surface area contributed by atoms with Crippen molar-refractivity contribution in [2.45, 2.75) is 6.92 Å². The Morgan fingerprint density at radius 3 is 2.47 bits per heavy atom. The first-order valence-electron chi connectivity index (χ1n) is 9.82. The smallest absolute Gasteiger partial charge is 0.262 e. The minimum atomic E-state index is -0.481. The number of anilines is 1. The predicted molar refractivity (Wildman–Crippen MR) is 126 cm³/mol. The molecule has 7 heteroatoms. The summed E-state index contributed by atoms with van der Waals surface area (Å²) in [5.74, 6) is -0.0281. The zero-order valence-electron chi connectivity index (χ0n) is 17.3. The van der Waals surface area contributed by atoms with E-state index in [1.807, 2.05) is 31.2 Å². The van der Waals surface area contributed by atoms with Crippen molar-refractivity contribution in [3.8, 4) is 17.6 Å². The Labute approximate surface area is 194 Å². The Hall–Kier alpha value is -3.63. The Balaban J connectivity index is 1.83. The number of carbonyl (C=O) groups is 1. The molecule has 1 amide bonds. The largest absolute Gasteiger partial charge is 0.490 e. The number of halogens is 2. The van der Waals surface area contributed by atoms with Gasteiger partial charge in [-0.15, -0.1) is 0 Å². The minimum Gasteiger partial charge on any atom is -0.490 e. The molecule has 5 nitrogen and oxygen atoms in total. The normalized spacial score (nSPS) is 10.9. The van der Waals surface area contributed by atoms with Gasteiger partial charge in [0.2, 0.25) is 0 Å². The van der Waals surface area contributed by atoms with E-state index in [9.17, 15) is 14.4 Å². The van der Waals surface area contributed by atoms with Crippen LogP contribution in [-0.4, -0.2) is 19.1 Å². The molecule has 0 aliphatic carbocycles. The number of hydrogen-bond acceptors (Lipinski definition) is 4. The van der Waals surface area contributed by atoms with Crippen LogP contribution in [0.2, 0.25) is 0 Å². The summed E-state index contributed by atoms with van der Waals surface area (Å²) in [4.78, 5) is 12.2. The Morgan fingerprint density at radius 2 is 1.78 bits per heavy atom. The van der Waals surface area contributed by atoms with Crippen LogP contribution in [0.1, 0.15) is 18.1 Å². The fraction of sp³-hybridized carbons (Fsp3) is 0.120. The van der Waals surface area contributed by atoms with Gasteiger partial charge in [-0.05, 0) is 48.9 Å². The molecule has 0 aliphatic rings. The van der Waals surface area contributed by atoms with Crippen LogP contribution in [0.5, 0.6) is 11.5 Å². The molecule has 0 radical (unpaired) electrons. The molecule has 0 fully saturated rings. The van der Waals surface area contributed by atoms with Crippen molar-refractivity contribution in [1.29, 1.82) is 5.26 Å². The standard InChI is InChI=1S/C25H20BrFN2O3/c1-2-31-23-13-17(12-18(15-28)20-10-6-7-11-22(20)27)21(26)14-24(23)32-16-25(30)29-19-8-4-3-5-9-19/h3-14H,2,16H2,1H3,(H,29,30)/b18-12-. The van der Waals surface area contributed by atoms with E-state index in [0.717, 1.165) is 0 Å². The number of nitrogens with one attached hydrogen (secondary N) is 1. The van der Waals surface area contributed by atoms with Gasteiger partial charge in [0.1, 0.15) is 5.82 Å². The van der Waals surface area contributed by atoms with Gasteiger partial charge < -0.3 is 14.8 Å². The molecule has 32 heavy (non-hydrogen) atoms. The third kappa shape index (κ3) is 5.96. The summed E-state index contributed by atoms with van der Waals surface area (Å²) < 4.78 is 26.1. The first-order chi connectivity index (χ1) is 15.5. The summed E-state index contributed by atoms with van der Waals surface area (Å²) in [5.41, 5.74) is 1.65. The van der Waals surface area contributed by atoms with Gasteiger partial charge in [0.25, 0.3) is 5.91 Å². The topological polar surface area (TPSA) is 71.3 Å². The van der Waals surface area contributed by atoms with Gasteiger partial charge in [-0.2, -0.15) is 5.26 Å². The molecule has 1 N–H and O–H groups in total. The van der Waals surface area contributed by atoms with Crippen LogP contribution in [-0.2, 0) is 4.79 Å². The molecule has 3 aromatic carbocycles. The van der Waals surface area contributed by atoms with E-state index in [4.69, 9.17) is 9.47 Å². The van der Waals surface area contributed by atoms with Crippen molar-refractivity contribution < 1.29 is 18.7 Å². The molecule has 0 saturated carbocycles. The third-order valence-corrected chi connectivity index (χ3v) is 5.05. The monoisotopic (exact) mass is 494 g/mol. The fourth-order valence-corrected chi connectivity index (χ4v) is 3.35. The second-order valence-electron chi connectivity index (χ2n) is 6.61. The molecule has 0 heterocycles. The average molecular weight is 495 g/mol. The van der Waals surface area contributed by atoms with E-state index in [0.29, 0.717) is 33.8 Å². The summed E-state index contributed by atoms with van der Waals surface area (Å²) in [6, 6.07) is 20.5. The second kappa shape index (κ2) is 11.1. The molecular weight excluding hydrogens is 475 g/mol. The van der Waals surface area contributed by atoms with Crippen LogP contribution in [0.15, 0.2) is 71.2 Å². The highest BCUT2D eigenvalue weighted by Gasteiger charge is 2.14. The van der Waals surface area contributed by atoms with Gasteiger partial charge in [0.15, 0.2) is 18.1 Å². The number of hydrogen-bond donors (Lipinski definition) is 1. The molecule has 162 valence electrons. The van der Waals surface area contributed by atoms with Crippen LogP contribution < -0.4 is 14.8 Å². The van der Waals surface area contributed by atoms with Crippen molar-refractivity contribution in [3.05, 3.63) is 88.1 Å². The highest BCUT2D eigenvalue weighted by atomic mass is 79.9. The van der Waals surface area contributed by atoms with Crippen LogP contribution >= 0.6 is 15.9 Å². The SMILES string of the molecule is CCOc1cc(/C=C(/C#N)c2ccccc2F)c(Br)cc1OCC(=O)Nc1ccccc1. The molecule has 0 aliphatic heterocycles. The van der Waals surface area contributed by atoms with Crippen molar-refractivity contribution in [2.75, 3.05) is 18.5 Å². The Kier molecular flexibility index (Phi) is 8.01. The maximum Gasteiger partial charge on any atom is 0.262 e. The lowest BCUT2D eigenvalue weighted by Gasteiger charge is -2.14. The van der Waals surface area contributed by atoms with Gasteiger partial charge in [-0.1, -0.05) is 52.3 Å². The van der Waals surface area contributed by atoms with Crippen LogP contribution in [0.25, 0.3) is 11.6 Å². The molecule has 0 saturated heterocycles. The highest BCUT2D eigenvalue weighted by Crippen LogP contribution is 2.36. The first-order valence-corrected chi connectivity index (χ1v) is 10.6. The molecule has 0 unspecified atom stereocenters. The van der Waals surface area contributed by atoms with Crippen molar-refractivity contribution >= 4 is 39.2 Å². The van der Waals surface area contributed by atoms with E-state index in [1.54, 1.807) is 48.5 Å². The number of rotatable bonds is 8. The fourth-order valence-electron chi connectivity index (χ4n) is 2.91. The number of allylic oxidation sites excluding steroid dienone is 1. The maximum atomic E-state index is 14.1. The quantitative estimate of drug-likeness (QED) is 0.304. The van der Waals surface area contributed by atoms with Gasteiger partial charge in [0, 0.05) is 15.7 Å². The minimum absolute atomic E-state index is 0.169. The second-order valence-corrected chi connectivity index (χ2v) is 7.46. The van der Waals surface area contributed by atoms with E-state index in [1.165, 1.54) is 6.07 Å². The van der Waals surface area contributed by atoms with Gasteiger partial charge in [-0.3, -0.25) is 4.79 Å². The van der Waals surface area contributed by atoms with Crippen LogP contribution in [0.4, 0.5) is 10.1 Å². The summed E-state index contributed by atoms with van der Waals surface area (Å²) in [5, 5.41) is 12.3. The lowest BCUT2D eigenvalue weighted by atomic mass is 10.0. The number of benzene rings is 3. The van der Waals surface area contributed by atoms with Gasteiger partial charge in [-0.25, -0.2) is 4.39 Å². The molecule has 0 aromatic heterocycles. The number of ether oxygens (including phenoxy) is 2. The van der Waals surface area contributed by atoms with Gasteiger partial charge in [0.05, 0.1) is 18.2 Å². The van der Waals surface area contributed by atoms with Gasteiger partial charge >= 0.3 is 0 Å².